The van der Waals surface area contributed by atoms with Crippen LogP contribution in [0.15, 0.2) is 114 Å². The summed E-state index contributed by atoms with van der Waals surface area (Å²) in [4.78, 5) is 15.5. The average Bonchev–Trinajstić information content (AvgIpc) is 3.73. The third-order valence-corrected chi connectivity index (χ3v) is 11.6. The van der Waals surface area contributed by atoms with Gasteiger partial charge in [0.15, 0.2) is 17.5 Å². The molecular weight excluding hydrogens is 613 g/mol. The number of hydrogen-bond donors (Lipinski definition) is 0. The summed E-state index contributed by atoms with van der Waals surface area (Å²) in [5.74, 6) is 1.92. The molecule has 3 aromatic heterocycles. The molecule has 6 aromatic carbocycles. The first kappa shape index (κ1) is 29.8. The first-order valence-corrected chi connectivity index (χ1v) is 17.4. The molecule has 0 unspecified atom stereocenters. The summed E-state index contributed by atoms with van der Waals surface area (Å²) in [5, 5.41) is 4.51. The van der Waals surface area contributed by atoms with E-state index >= 15 is 0 Å². The first-order valence-electron chi connectivity index (χ1n) is 16.6. The fourth-order valence-electron chi connectivity index (χ4n) is 7.39. The van der Waals surface area contributed by atoms with Crippen LogP contribution in [0.5, 0.6) is 0 Å². The maximum absolute atomic E-state index is 6.77. The molecule has 0 aliphatic rings. The second-order valence-electron chi connectivity index (χ2n) is 12.9. The number of aromatic nitrogens is 3. The number of furan rings is 1. The Morgan fingerprint density at radius 1 is 0.469 bits per heavy atom. The monoisotopic (exact) mass is 641 g/mol. The van der Waals surface area contributed by atoms with Crippen LogP contribution in [0.4, 0.5) is 0 Å². The van der Waals surface area contributed by atoms with E-state index in [1.807, 2.05) is 30.3 Å². The Balaban J connectivity index is 1.32. The molecule has 0 aliphatic carbocycles. The van der Waals surface area contributed by atoms with Crippen molar-refractivity contribution in [3.05, 3.63) is 109 Å². The third-order valence-electron chi connectivity index (χ3n) is 10.3. The first-order chi connectivity index (χ1) is 23.9. The van der Waals surface area contributed by atoms with Crippen molar-refractivity contribution in [3.63, 3.8) is 0 Å². The molecule has 226 valence electrons. The van der Waals surface area contributed by atoms with Crippen molar-refractivity contribution in [1.82, 2.24) is 15.0 Å². The van der Waals surface area contributed by atoms with E-state index in [0.717, 1.165) is 44.2 Å². The lowest BCUT2D eigenvalue weighted by Gasteiger charge is -2.20. The Morgan fingerprint density at radius 2 is 1.04 bits per heavy atom. The molecule has 49 heavy (non-hydrogen) atoms. The lowest BCUT2D eigenvalue weighted by atomic mass is 9.59. The van der Waals surface area contributed by atoms with Crippen LogP contribution in [0.3, 0.4) is 0 Å². The standard InChI is InChI=1S/C39H28B5N3OS/c40-30-29(31(41)33(43)34(44)32(30)42)23-14-7-13-22-28-24(15-8-17-26(28)48-35(22)23)38-45-37(19-9-2-1-3-10-19)46-39(47-38)25-16-6-12-21-20-11-4-5-18-27(20)49-36(21)25/h1-18H,40-44H2. The van der Waals surface area contributed by atoms with E-state index in [9.17, 15) is 0 Å². The maximum atomic E-state index is 6.77. The molecule has 0 fully saturated rings. The van der Waals surface area contributed by atoms with Gasteiger partial charge in [-0.05, 0) is 23.8 Å². The average molecular weight is 641 g/mol. The molecule has 9 aromatic rings. The molecule has 4 nitrogen and oxygen atoms in total. The zero-order valence-corrected chi connectivity index (χ0v) is 28.9. The zero-order chi connectivity index (χ0) is 33.4. The van der Waals surface area contributed by atoms with E-state index in [0.29, 0.717) is 17.5 Å². The topological polar surface area (TPSA) is 51.8 Å². The van der Waals surface area contributed by atoms with Crippen LogP contribution in [0, 0.1) is 0 Å². The van der Waals surface area contributed by atoms with Crippen LogP contribution in [0.1, 0.15) is 0 Å². The zero-order valence-electron chi connectivity index (χ0n) is 28.1. The molecule has 0 saturated carbocycles. The van der Waals surface area contributed by atoms with Crippen LogP contribution < -0.4 is 27.3 Å². The van der Waals surface area contributed by atoms with Gasteiger partial charge in [-0.15, -0.1) is 27.7 Å². The van der Waals surface area contributed by atoms with Gasteiger partial charge in [0.1, 0.15) is 50.4 Å². The fourth-order valence-corrected chi connectivity index (χ4v) is 8.60. The van der Waals surface area contributed by atoms with Crippen molar-refractivity contribution >= 4 is 120 Å². The number of thiophene rings is 1. The molecule has 0 bridgehead atoms. The smallest absolute Gasteiger partial charge is 0.165 e. The molecule has 0 atom stereocenters. The van der Waals surface area contributed by atoms with Crippen LogP contribution in [0.2, 0.25) is 0 Å². The largest absolute Gasteiger partial charge is 0.455 e. The highest BCUT2D eigenvalue weighted by molar-refractivity contribution is 7.26. The minimum absolute atomic E-state index is 0.620. The second kappa shape index (κ2) is 11.4. The van der Waals surface area contributed by atoms with Gasteiger partial charge in [0, 0.05) is 53.2 Å². The maximum Gasteiger partial charge on any atom is 0.165 e. The van der Waals surface area contributed by atoms with Crippen molar-refractivity contribution < 1.29 is 4.42 Å². The predicted molar refractivity (Wildman–Crippen MR) is 223 cm³/mol. The van der Waals surface area contributed by atoms with E-state index in [-0.39, 0.29) is 0 Å². The number of nitrogens with zero attached hydrogens (tertiary/aromatic N) is 3. The van der Waals surface area contributed by atoms with E-state index < -0.39 is 0 Å². The molecule has 3 heterocycles. The van der Waals surface area contributed by atoms with Gasteiger partial charge in [-0.1, -0.05) is 102 Å². The highest BCUT2D eigenvalue weighted by Crippen LogP contribution is 2.42. The van der Waals surface area contributed by atoms with Crippen LogP contribution >= 0.6 is 11.3 Å². The molecule has 9 rings (SSSR count). The molecular formula is C39H28B5N3OS. The summed E-state index contributed by atoms with van der Waals surface area (Å²) in [6.45, 7) is 0. The van der Waals surface area contributed by atoms with Crippen molar-refractivity contribution in [2.24, 2.45) is 0 Å². The molecule has 10 heteroatoms. The summed E-state index contributed by atoms with van der Waals surface area (Å²) in [6, 6.07) is 37.8. The number of hydrogen-bond acceptors (Lipinski definition) is 5. The van der Waals surface area contributed by atoms with Crippen molar-refractivity contribution in [3.8, 4) is 45.3 Å². The number of benzene rings is 6. The summed E-state index contributed by atoms with van der Waals surface area (Å²) in [6.07, 6.45) is 0. The Bertz CT molecular complexity index is 2770. The van der Waals surface area contributed by atoms with Gasteiger partial charge in [0.25, 0.3) is 0 Å². The van der Waals surface area contributed by atoms with E-state index in [1.165, 1.54) is 53.0 Å². The van der Waals surface area contributed by atoms with Gasteiger partial charge >= 0.3 is 0 Å². The number of rotatable bonds is 4. The van der Waals surface area contributed by atoms with Crippen LogP contribution in [-0.2, 0) is 0 Å². The summed E-state index contributed by atoms with van der Waals surface area (Å²) in [5.41, 5.74) is 13.5. The molecule has 0 saturated heterocycles. The summed E-state index contributed by atoms with van der Waals surface area (Å²) >= 11 is 1.78. The molecule has 0 aliphatic heterocycles. The van der Waals surface area contributed by atoms with Crippen molar-refractivity contribution in [2.75, 3.05) is 0 Å². The van der Waals surface area contributed by atoms with Crippen LogP contribution in [0.25, 0.3) is 87.4 Å². The summed E-state index contributed by atoms with van der Waals surface area (Å²) < 4.78 is 9.19. The van der Waals surface area contributed by atoms with Gasteiger partial charge in [-0.25, -0.2) is 15.0 Å². The van der Waals surface area contributed by atoms with Gasteiger partial charge in [-0.2, -0.15) is 0 Å². The van der Waals surface area contributed by atoms with Gasteiger partial charge in [0.05, 0.1) is 0 Å². The van der Waals surface area contributed by atoms with Crippen LogP contribution in [-0.4, -0.2) is 54.2 Å². The Labute approximate surface area is 292 Å². The van der Waals surface area contributed by atoms with Crippen molar-refractivity contribution in [2.45, 2.75) is 0 Å². The molecule has 0 radical (unpaired) electrons. The Morgan fingerprint density at radius 3 is 1.82 bits per heavy atom. The van der Waals surface area contributed by atoms with E-state index in [2.05, 4.69) is 118 Å². The third kappa shape index (κ3) is 4.62. The fraction of sp³-hybridized carbons (Fsp3) is 0. The Kier molecular flexibility index (Phi) is 6.92. The molecule has 0 spiro atoms. The quantitative estimate of drug-likeness (QED) is 0.277. The van der Waals surface area contributed by atoms with Gasteiger partial charge in [-0.3, -0.25) is 0 Å². The predicted octanol–water partition coefficient (Wildman–Crippen LogP) is 2.10. The lowest BCUT2D eigenvalue weighted by molar-refractivity contribution is 0.670. The molecule has 0 N–H and O–H groups in total. The van der Waals surface area contributed by atoms with E-state index in [1.54, 1.807) is 11.3 Å². The van der Waals surface area contributed by atoms with Crippen molar-refractivity contribution in [1.29, 1.82) is 0 Å². The molecule has 0 amide bonds. The minimum atomic E-state index is 0.620. The summed E-state index contributed by atoms with van der Waals surface area (Å²) in [7, 11) is 11.1. The highest BCUT2D eigenvalue weighted by atomic mass is 32.1. The number of para-hydroxylation sites is 1. The highest BCUT2D eigenvalue weighted by Gasteiger charge is 2.22. The number of fused-ring (bicyclic) bond motifs is 6. The van der Waals surface area contributed by atoms with Gasteiger partial charge in [0.2, 0.25) is 0 Å². The SMILES string of the molecule is Bc1c(B)c(B)c(-c2cccc3c2oc2cccc(-c4nc(-c5ccccc5)nc(-c5cccc6c5sc5ccccc56)n4)c23)c(B)c1B. The Hall–Kier alpha value is -5.33. The lowest BCUT2D eigenvalue weighted by Crippen LogP contribution is -2.55. The normalized spacial score (nSPS) is 11.7. The second-order valence-corrected chi connectivity index (χ2v) is 14.0. The van der Waals surface area contributed by atoms with Gasteiger partial charge < -0.3 is 4.42 Å². The van der Waals surface area contributed by atoms with E-state index in [4.69, 9.17) is 19.4 Å². The minimum Gasteiger partial charge on any atom is -0.455 e.